The number of carbonyl (C=O) groups excluding carboxylic acids is 1. The van der Waals surface area contributed by atoms with E-state index in [1.807, 2.05) is 0 Å². The molecule has 0 fully saturated rings. The zero-order chi connectivity index (χ0) is 12.4. The van der Waals surface area contributed by atoms with Gasteiger partial charge >= 0.3 is 0 Å². The summed E-state index contributed by atoms with van der Waals surface area (Å²) in [7, 11) is 0. The number of hydrogen-bond donors (Lipinski definition) is 1. The van der Waals surface area contributed by atoms with Crippen LogP contribution in [0.4, 0.5) is 0 Å². The number of aromatic nitrogens is 3. The van der Waals surface area contributed by atoms with Crippen molar-refractivity contribution in [3.8, 4) is 5.82 Å². The number of aliphatic hydroxyl groups is 1. The van der Waals surface area contributed by atoms with Crippen molar-refractivity contribution in [2.24, 2.45) is 0 Å². The van der Waals surface area contributed by atoms with Gasteiger partial charge in [-0.15, -0.1) is 0 Å². The molecule has 0 spiro atoms. The van der Waals surface area contributed by atoms with Crippen molar-refractivity contribution < 1.29 is 9.90 Å². The standard InChI is InChI=1S/C10H7Cl2N3O2/c11-7-2-1-3-13-10(7)15-8(9(12)17)4-6(5-16)14-15/h1-4,16H,5H2. The monoisotopic (exact) mass is 271 g/mol. The second-order valence-electron chi connectivity index (χ2n) is 3.17. The molecular formula is C10H7Cl2N3O2. The fraction of sp³-hybridized carbons (Fsp3) is 0.100. The molecule has 0 atom stereocenters. The van der Waals surface area contributed by atoms with Gasteiger partial charge in [-0.3, -0.25) is 4.79 Å². The van der Waals surface area contributed by atoms with Gasteiger partial charge in [0, 0.05) is 6.20 Å². The minimum atomic E-state index is -0.695. The molecule has 0 aromatic carbocycles. The van der Waals surface area contributed by atoms with E-state index in [0.29, 0.717) is 10.7 Å². The summed E-state index contributed by atoms with van der Waals surface area (Å²) < 4.78 is 1.21. The number of hydrogen-bond acceptors (Lipinski definition) is 4. The molecule has 0 bridgehead atoms. The first-order chi connectivity index (χ1) is 8.13. The van der Waals surface area contributed by atoms with Crippen LogP contribution in [0.5, 0.6) is 0 Å². The average Bonchev–Trinajstić information content (AvgIpc) is 2.73. The molecule has 2 aromatic heterocycles. The third kappa shape index (κ3) is 2.31. The van der Waals surface area contributed by atoms with Gasteiger partial charge in [-0.2, -0.15) is 5.10 Å². The molecule has 0 aliphatic heterocycles. The van der Waals surface area contributed by atoms with E-state index in [4.69, 9.17) is 28.3 Å². The van der Waals surface area contributed by atoms with Crippen molar-refractivity contribution >= 4 is 28.4 Å². The van der Waals surface area contributed by atoms with Crippen molar-refractivity contribution in [2.75, 3.05) is 0 Å². The first-order valence-corrected chi connectivity index (χ1v) is 5.39. The van der Waals surface area contributed by atoms with E-state index in [0.717, 1.165) is 0 Å². The van der Waals surface area contributed by atoms with Crippen molar-refractivity contribution in [1.82, 2.24) is 14.8 Å². The second-order valence-corrected chi connectivity index (χ2v) is 3.92. The third-order valence-electron chi connectivity index (χ3n) is 2.06. The van der Waals surface area contributed by atoms with E-state index in [1.165, 1.54) is 16.9 Å². The fourth-order valence-electron chi connectivity index (χ4n) is 1.34. The van der Waals surface area contributed by atoms with Crippen LogP contribution < -0.4 is 0 Å². The van der Waals surface area contributed by atoms with Crippen molar-refractivity contribution in [1.29, 1.82) is 0 Å². The van der Waals surface area contributed by atoms with E-state index < -0.39 is 5.24 Å². The van der Waals surface area contributed by atoms with E-state index >= 15 is 0 Å². The lowest BCUT2D eigenvalue weighted by Crippen LogP contribution is -2.07. The molecule has 0 aliphatic carbocycles. The van der Waals surface area contributed by atoms with Crippen LogP contribution in [0.3, 0.4) is 0 Å². The largest absolute Gasteiger partial charge is 0.390 e. The maximum absolute atomic E-state index is 11.2. The molecule has 0 amide bonds. The minimum Gasteiger partial charge on any atom is -0.390 e. The Kier molecular flexibility index (Phi) is 3.42. The Morgan fingerprint density at radius 1 is 1.53 bits per heavy atom. The summed E-state index contributed by atoms with van der Waals surface area (Å²) in [5.41, 5.74) is 0.423. The summed E-state index contributed by atoms with van der Waals surface area (Å²) in [5, 5.41) is 12.6. The average molecular weight is 272 g/mol. The van der Waals surface area contributed by atoms with E-state index in [1.54, 1.807) is 12.1 Å². The number of halogens is 2. The molecule has 2 aromatic rings. The van der Waals surface area contributed by atoms with Gasteiger partial charge in [0.2, 0.25) is 0 Å². The van der Waals surface area contributed by atoms with Crippen LogP contribution in [0.2, 0.25) is 5.02 Å². The Hall–Kier alpha value is -1.43. The summed E-state index contributed by atoms with van der Waals surface area (Å²) in [6, 6.07) is 4.66. The Morgan fingerprint density at radius 3 is 2.88 bits per heavy atom. The summed E-state index contributed by atoms with van der Waals surface area (Å²) in [6.07, 6.45) is 1.52. The number of aliphatic hydroxyl groups excluding tert-OH is 1. The molecule has 0 saturated carbocycles. The normalized spacial score (nSPS) is 10.5. The lowest BCUT2D eigenvalue weighted by atomic mass is 10.4. The first kappa shape index (κ1) is 12.0. The SMILES string of the molecule is O=C(Cl)c1cc(CO)nn1-c1ncccc1Cl. The molecule has 0 unspecified atom stereocenters. The molecule has 5 nitrogen and oxygen atoms in total. The van der Waals surface area contributed by atoms with Crippen LogP contribution in [-0.2, 0) is 6.61 Å². The van der Waals surface area contributed by atoms with Crippen molar-refractivity contribution in [3.63, 3.8) is 0 Å². The highest BCUT2D eigenvalue weighted by Gasteiger charge is 2.16. The van der Waals surface area contributed by atoms with Gasteiger partial charge in [0.25, 0.3) is 5.24 Å². The van der Waals surface area contributed by atoms with Crippen LogP contribution in [-0.4, -0.2) is 25.1 Å². The fourth-order valence-corrected chi connectivity index (χ4v) is 1.68. The van der Waals surface area contributed by atoms with Gasteiger partial charge < -0.3 is 5.11 Å². The highest BCUT2D eigenvalue weighted by Crippen LogP contribution is 2.20. The molecule has 0 radical (unpaired) electrons. The molecule has 2 heterocycles. The number of rotatable bonds is 3. The van der Waals surface area contributed by atoms with Crippen LogP contribution in [0.25, 0.3) is 5.82 Å². The molecule has 7 heteroatoms. The zero-order valence-corrected chi connectivity index (χ0v) is 9.98. The van der Waals surface area contributed by atoms with Gasteiger partial charge in [0.05, 0.1) is 17.3 Å². The summed E-state index contributed by atoms with van der Waals surface area (Å²) in [5.74, 6) is 0.290. The highest BCUT2D eigenvalue weighted by molar-refractivity contribution is 6.67. The second kappa shape index (κ2) is 4.83. The molecular weight excluding hydrogens is 265 g/mol. The summed E-state index contributed by atoms with van der Waals surface area (Å²) in [6.45, 7) is -0.297. The van der Waals surface area contributed by atoms with E-state index in [9.17, 15) is 4.79 Å². The van der Waals surface area contributed by atoms with Gasteiger partial charge in [-0.25, -0.2) is 9.67 Å². The van der Waals surface area contributed by atoms with Gasteiger partial charge in [-0.1, -0.05) is 11.6 Å². The highest BCUT2D eigenvalue weighted by atomic mass is 35.5. The predicted molar refractivity (Wildman–Crippen MR) is 62.5 cm³/mol. The van der Waals surface area contributed by atoms with Crippen LogP contribution in [0.1, 0.15) is 16.2 Å². The molecule has 17 heavy (non-hydrogen) atoms. The Labute approximate surface area is 107 Å². The van der Waals surface area contributed by atoms with Gasteiger partial charge in [-0.05, 0) is 29.8 Å². The lowest BCUT2D eigenvalue weighted by Gasteiger charge is -2.04. The Balaban J connectivity index is 2.62. The Bertz CT molecular complexity index is 568. The maximum atomic E-state index is 11.2. The molecule has 0 aliphatic rings. The summed E-state index contributed by atoms with van der Waals surface area (Å²) >= 11 is 11.4. The van der Waals surface area contributed by atoms with E-state index in [-0.39, 0.29) is 18.1 Å². The molecule has 0 saturated heterocycles. The number of pyridine rings is 1. The Morgan fingerprint density at radius 2 is 2.29 bits per heavy atom. The third-order valence-corrected chi connectivity index (χ3v) is 2.55. The topological polar surface area (TPSA) is 68.0 Å². The van der Waals surface area contributed by atoms with Crippen LogP contribution >= 0.6 is 23.2 Å². The van der Waals surface area contributed by atoms with Gasteiger partial charge in [0.1, 0.15) is 5.69 Å². The smallest absolute Gasteiger partial charge is 0.271 e. The van der Waals surface area contributed by atoms with Crippen LogP contribution in [0, 0.1) is 0 Å². The number of carbonyl (C=O) groups is 1. The van der Waals surface area contributed by atoms with Crippen LogP contribution in [0.15, 0.2) is 24.4 Å². The lowest BCUT2D eigenvalue weighted by molar-refractivity contribution is 0.107. The maximum Gasteiger partial charge on any atom is 0.271 e. The van der Waals surface area contributed by atoms with Crippen molar-refractivity contribution in [3.05, 3.63) is 40.8 Å². The quantitative estimate of drug-likeness (QED) is 0.865. The van der Waals surface area contributed by atoms with E-state index in [2.05, 4.69) is 10.1 Å². The van der Waals surface area contributed by atoms with Gasteiger partial charge in [0.15, 0.2) is 5.82 Å². The zero-order valence-electron chi connectivity index (χ0n) is 8.47. The summed E-state index contributed by atoms with van der Waals surface area (Å²) in [4.78, 5) is 15.2. The van der Waals surface area contributed by atoms with Crippen molar-refractivity contribution in [2.45, 2.75) is 6.61 Å². The molecule has 88 valence electrons. The molecule has 1 N–H and O–H groups in total. The minimum absolute atomic E-state index is 0.108. The molecule has 2 rings (SSSR count). The predicted octanol–water partition coefficient (Wildman–Crippen LogP) is 1.79. The first-order valence-electron chi connectivity index (χ1n) is 4.64. The number of nitrogens with zero attached hydrogens (tertiary/aromatic N) is 3.